The molecule has 1 aliphatic rings. The predicted octanol–water partition coefficient (Wildman–Crippen LogP) is 3.84. The molecule has 0 spiro atoms. The Balaban J connectivity index is 1.93. The van der Waals surface area contributed by atoms with Gasteiger partial charge in [0.25, 0.3) is 0 Å². The van der Waals surface area contributed by atoms with Gasteiger partial charge >= 0.3 is 5.69 Å². The molecular formula is C17H16F2N2O3. The SMILES string of the molecule is CC1CN(c2cccc(F)c2[N+](=O)[O-])CC(c2ccc(F)cc2)O1. The molecule has 24 heavy (non-hydrogen) atoms. The third-order valence-corrected chi connectivity index (χ3v) is 3.99. The van der Waals surface area contributed by atoms with E-state index in [4.69, 9.17) is 4.74 Å². The van der Waals surface area contributed by atoms with Gasteiger partial charge in [-0.1, -0.05) is 18.2 Å². The van der Waals surface area contributed by atoms with E-state index in [9.17, 15) is 18.9 Å². The van der Waals surface area contributed by atoms with Crippen molar-refractivity contribution in [3.05, 3.63) is 69.8 Å². The maximum atomic E-state index is 13.9. The summed E-state index contributed by atoms with van der Waals surface area (Å²) in [5.74, 6) is -1.21. The van der Waals surface area contributed by atoms with Crippen LogP contribution in [0.1, 0.15) is 18.6 Å². The van der Waals surface area contributed by atoms with Gasteiger partial charge in [0.2, 0.25) is 5.82 Å². The second-order valence-electron chi connectivity index (χ2n) is 5.76. The number of hydrogen-bond acceptors (Lipinski definition) is 4. The van der Waals surface area contributed by atoms with Crippen LogP contribution < -0.4 is 4.90 Å². The minimum Gasteiger partial charge on any atom is -0.367 e. The summed E-state index contributed by atoms with van der Waals surface area (Å²) in [6, 6.07) is 9.97. The molecule has 0 saturated carbocycles. The van der Waals surface area contributed by atoms with Gasteiger partial charge in [0.05, 0.1) is 11.0 Å². The highest BCUT2D eigenvalue weighted by Crippen LogP contribution is 2.35. The zero-order chi connectivity index (χ0) is 17.3. The summed E-state index contributed by atoms with van der Waals surface area (Å²) in [4.78, 5) is 12.3. The van der Waals surface area contributed by atoms with E-state index in [0.29, 0.717) is 13.1 Å². The average Bonchev–Trinajstić information content (AvgIpc) is 2.54. The molecule has 126 valence electrons. The molecule has 2 atom stereocenters. The van der Waals surface area contributed by atoms with E-state index >= 15 is 0 Å². The summed E-state index contributed by atoms with van der Waals surface area (Å²) in [7, 11) is 0. The van der Waals surface area contributed by atoms with E-state index in [2.05, 4.69) is 0 Å². The molecule has 0 aliphatic carbocycles. The highest BCUT2D eigenvalue weighted by Gasteiger charge is 2.31. The third-order valence-electron chi connectivity index (χ3n) is 3.99. The number of ether oxygens (including phenoxy) is 1. The number of rotatable bonds is 3. The minimum absolute atomic E-state index is 0.211. The largest absolute Gasteiger partial charge is 0.367 e. The topological polar surface area (TPSA) is 55.6 Å². The fourth-order valence-electron chi connectivity index (χ4n) is 2.95. The van der Waals surface area contributed by atoms with Gasteiger partial charge in [-0.25, -0.2) is 4.39 Å². The van der Waals surface area contributed by atoms with E-state index in [-0.39, 0.29) is 23.7 Å². The van der Waals surface area contributed by atoms with Crippen LogP contribution in [0.2, 0.25) is 0 Å². The Bertz CT molecular complexity index is 752. The molecule has 5 nitrogen and oxygen atoms in total. The van der Waals surface area contributed by atoms with Crippen LogP contribution in [0.25, 0.3) is 0 Å². The fourth-order valence-corrected chi connectivity index (χ4v) is 2.95. The number of hydrogen-bond donors (Lipinski definition) is 0. The summed E-state index contributed by atoms with van der Waals surface area (Å²) >= 11 is 0. The van der Waals surface area contributed by atoms with Crippen molar-refractivity contribution in [1.82, 2.24) is 0 Å². The molecule has 0 bridgehead atoms. The van der Waals surface area contributed by atoms with Gasteiger partial charge in [-0.05, 0) is 36.8 Å². The zero-order valence-corrected chi connectivity index (χ0v) is 13.0. The number of nitrogens with zero attached hydrogens (tertiary/aromatic N) is 2. The van der Waals surface area contributed by atoms with Gasteiger partial charge in [0, 0.05) is 13.1 Å². The van der Waals surface area contributed by atoms with Crippen molar-refractivity contribution in [2.45, 2.75) is 19.1 Å². The molecule has 1 saturated heterocycles. The van der Waals surface area contributed by atoms with Crippen LogP contribution >= 0.6 is 0 Å². The van der Waals surface area contributed by atoms with Crippen LogP contribution in [-0.4, -0.2) is 24.1 Å². The van der Waals surface area contributed by atoms with Crippen LogP contribution in [0.3, 0.4) is 0 Å². The minimum atomic E-state index is -0.866. The molecule has 0 aromatic heterocycles. The van der Waals surface area contributed by atoms with Crippen LogP contribution in [0, 0.1) is 21.7 Å². The lowest BCUT2D eigenvalue weighted by Gasteiger charge is -2.38. The third kappa shape index (κ3) is 3.21. The summed E-state index contributed by atoms with van der Waals surface area (Å²) in [6.07, 6.45) is -0.589. The lowest BCUT2D eigenvalue weighted by Crippen LogP contribution is -2.43. The van der Waals surface area contributed by atoms with Gasteiger partial charge in [-0.15, -0.1) is 0 Å². The van der Waals surface area contributed by atoms with E-state index in [1.54, 1.807) is 17.0 Å². The summed E-state index contributed by atoms with van der Waals surface area (Å²) in [5.41, 5.74) is 0.457. The van der Waals surface area contributed by atoms with E-state index in [1.165, 1.54) is 24.3 Å². The molecule has 1 heterocycles. The molecular weight excluding hydrogens is 318 g/mol. The maximum absolute atomic E-state index is 13.9. The van der Waals surface area contributed by atoms with Crippen molar-refractivity contribution in [2.75, 3.05) is 18.0 Å². The number of para-hydroxylation sites is 1. The van der Waals surface area contributed by atoms with Crippen LogP contribution in [0.15, 0.2) is 42.5 Å². The lowest BCUT2D eigenvalue weighted by molar-refractivity contribution is -0.386. The van der Waals surface area contributed by atoms with Crippen LogP contribution in [0.4, 0.5) is 20.2 Å². The predicted molar refractivity (Wildman–Crippen MR) is 85.0 cm³/mol. The highest BCUT2D eigenvalue weighted by atomic mass is 19.1. The first-order chi connectivity index (χ1) is 11.5. The van der Waals surface area contributed by atoms with Gasteiger partial charge in [-0.3, -0.25) is 10.1 Å². The first kappa shape index (κ1) is 16.3. The highest BCUT2D eigenvalue weighted by molar-refractivity contribution is 5.64. The summed E-state index contributed by atoms with van der Waals surface area (Å²) in [6.45, 7) is 2.57. The fraction of sp³-hybridized carbons (Fsp3) is 0.294. The van der Waals surface area contributed by atoms with E-state index in [0.717, 1.165) is 11.6 Å². The Morgan fingerprint density at radius 2 is 1.88 bits per heavy atom. The molecule has 2 unspecified atom stereocenters. The van der Waals surface area contributed by atoms with Gasteiger partial charge in [-0.2, -0.15) is 4.39 Å². The smallest absolute Gasteiger partial charge is 0.327 e. The normalized spacial score (nSPS) is 20.9. The number of morpholine rings is 1. The van der Waals surface area contributed by atoms with E-state index in [1.807, 2.05) is 6.92 Å². The maximum Gasteiger partial charge on any atom is 0.327 e. The first-order valence-electron chi connectivity index (χ1n) is 7.54. The van der Waals surface area contributed by atoms with Crippen molar-refractivity contribution in [3.8, 4) is 0 Å². The second kappa shape index (κ2) is 6.52. The van der Waals surface area contributed by atoms with Crippen LogP contribution in [0.5, 0.6) is 0 Å². The van der Waals surface area contributed by atoms with Crippen LogP contribution in [-0.2, 0) is 4.74 Å². The van der Waals surface area contributed by atoms with Crippen molar-refractivity contribution in [2.24, 2.45) is 0 Å². The number of benzene rings is 2. The van der Waals surface area contributed by atoms with Crippen molar-refractivity contribution < 1.29 is 18.4 Å². The van der Waals surface area contributed by atoms with Crippen molar-refractivity contribution in [1.29, 1.82) is 0 Å². The molecule has 2 aromatic carbocycles. The Kier molecular flexibility index (Phi) is 4.44. The second-order valence-corrected chi connectivity index (χ2v) is 5.76. The zero-order valence-electron chi connectivity index (χ0n) is 13.0. The van der Waals surface area contributed by atoms with Gasteiger partial charge < -0.3 is 9.64 Å². The Hall–Kier alpha value is -2.54. The average molecular weight is 334 g/mol. The van der Waals surface area contributed by atoms with Crippen molar-refractivity contribution >= 4 is 11.4 Å². The number of halogens is 2. The summed E-state index contributed by atoms with van der Waals surface area (Å²) < 4.78 is 32.8. The Morgan fingerprint density at radius 3 is 2.54 bits per heavy atom. The lowest BCUT2D eigenvalue weighted by atomic mass is 10.1. The quantitative estimate of drug-likeness (QED) is 0.632. The molecule has 2 aromatic rings. The number of nitro groups is 1. The number of anilines is 1. The summed E-state index contributed by atoms with van der Waals surface area (Å²) in [5, 5.41) is 11.2. The molecule has 3 rings (SSSR count). The molecule has 0 amide bonds. The first-order valence-corrected chi connectivity index (χ1v) is 7.54. The monoisotopic (exact) mass is 334 g/mol. The van der Waals surface area contributed by atoms with E-state index < -0.39 is 16.4 Å². The van der Waals surface area contributed by atoms with Gasteiger partial charge in [0.1, 0.15) is 17.6 Å². The van der Waals surface area contributed by atoms with Gasteiger partial charge in [0.15, 0.2) is 0 Å². The molecule has 1 aliphatic heterocycles. The molecule has 1 fully saturated rings. The molecule has 0 N–H and O–H groups in total. The molecule has 7 heteroatoms. The number of nitro benzene ring substituents is 1. The Labute approximate surface area is 137 Å². The molecule has 0 radical (unpaired) electrons. The standard InChI is InChI=1S/C17H16F2N2O3/c1-11-9-20(15-4-2-3-14(19)17(15)21(22)23)10-16(24-11)12-5-7-13(18)8-6-12/h2-8,11,16H,9-10H2,1H3. The van der Waals surface area contributed by atoms with Crippen molar-refractivity contribution in [3.63, 3.8) is 0 Å². The Morgan fingerprint density at radius 1 is 1.17 bits per heavy atom.